The maximum Gasteiger partial charge on any atom is 0.184 e. The Kier molecular flexibility index (Phi) is 1.89. The van der Waals surface area contributed by atoms with Crippen LogP contribution in [0.3, 0.4) is 0 Å². The first kappa shape index (κ1) is 8.11. The summed E-state index contributed by atoms with van der Waals surface area (Å²) in [6, 6.07) is 0. The Morgan fingerprint density at radius 1 is 1.36 bits per heavy atom. The van der Waals surface area contributed by atoms with Crippen LogP contribution >= 0.6 is 0 Å². The van der Waals surface area contributed by atoms with Crippen molar-refractivity contribution in [1.82, 2.24) is 0 Å². The molecule has 0 N–H and O–H groups in total. The predicted molar refractivity (Wildman–Crippen MR) is 44.9 cm³/mol. The third-order valence-electron chi connectivity index (χ3n) is 1.71. The van der Waals surface area contributed by atoms with E-state index in [2.05, 4.69) is 10.2 Å². The van der Waals surface area contributed by atoms with Crippen LogP contribution in [0.4, 0.5) is 0 Å². The van der Waals surface area contributed by atoms with Crippen molar-refractivity contribution in [3.63, 3.8) is 0 Å². The molecule has 1 aliphatic heterocycles. The van der Waals surface area contributed by atoms with Gasteiger partial charge in [0.2, 0.25) is 0 Å². The molecule has 1 rings (SSSR count). The molecule has 0 radical (unpaired) electrons. The van der Waals surface area contributed by atoms with Crippen LogP contribution in [-0.4, -0.2) is 18.2 Å². The SMILES string of the molecule is CC(C)(C)C1C=NN=CC1=O. The van der Waals surface area contributed by atoms with Crippen LogP contribution in [0.25, 0.3) is 0 Å². The van der Waals surface area contributed by atoms with E-state index in [1.807, 2.05) is 20.8 Å². The number of hydrogen-bond acceptors (Lipinski definition) is 3. The van der Waals surface area contributed by atoms with Gasteiger partial charge in [-0.25, -0.2) is 0 Å². The molecule has 0 fully saturated rings. The van der Waals surface area contributed by atoms with Crippen LogP contribution in [-0.2, 0) is 4.79 Å². The summed E-state index contributed by atoms with van der Waals surface area (Å²) in [6.07, 6.45) is 2.90. The molecule has 1 unspecified atom stereocenters. The maximum atomic E-state index is 11.2. The fourth-order valence-corrected chi connectivity index (χ4v) is 1.000. The minimum Gasteiger partial charge on any atom is -0.292 e. The Hall–Kier alpha value is -0.990. The largest absolute Gasteiger partial charge is 0.292 e. The van der Waals surface area contributed by atoms with E-state index in [9.17, 15) is 4.79 Å². The monoisotopic (exact) mass is 152 g/mol. The van der Waals surface area contributed by atoms with Crippen LogP contribution < -0.4 is 0 Å². The Bertz CT molecular complexity index is 223. The number of Topliss-reactive ketones (excluding diaryl/α,β-unsaturated/α-hetero) is 1. The molecular weight excluding hydrogens is 140 g/mol. The normalized spacial score (nSPS) is 24.3. The maximum absolute atomic E-state index is 11.2. The zero-order chi connectivity index (χ0) is 8.48. The van der Waals surface area contributed by atoms with Gasteiger partial charge >= 0.3 is 0 Å². The van der Waals surface area contributed by atoms with Gasteiger partial charge in [0.1, 0.15) is 0 Å². The molecular formula is C8H12N2O. The number of carbonyl (C=O) groups excluding carboxylic acids is 1. The highest BCUT2D eigenvalue weighted by molar-refractivity contribution is 6.32. The van der Waals surface area contributed by atoms with E-state index in [0.717, 1.165) is 0 Å². The second kappa shape index (κ2) is 2.57. The van der Waals surface area contributed by atoms with Crippen molar-refractivity contribution in [3.05, 3.63) is 0 Å². The second-order valence-corrected chi connectivity index (χ2v) is 3.76. The van der Waals surface area contributed by atoms with Crippen molar-refractivity contribution in [3.8, 4) is 0 Å². The minimum atomic E-state index is -0.111. The van der Waals surface area contributed by atoms with Gasteiger partial charge < -0.3 is 0 Å². The summed E-state index contributed by atoms with van der Waals surface area (Å²) in [4.78, 5) is 11.2. The zero-order valence-electron chi connectivity index (χ0n) is 7.03. The summed E-state index contributed by atoms with van der Waals surface area (Å²) in [7, 11) is 0. The summed E-state index contributed by atoms with van der Waals surface area (Å²) in [5.74, 6) is -0.0625. The van der Waals surface area contributed by atoms with Crippen LogP contribution in [0, 0.1) is 11.3 Å². The van der Waals surface area contributed by atoms with E-state index in [1.54, 1.807) is 6.21 Å². The molecule has 0 aromatic carbocycles. The van der Waals surface area contributed by atoms with Crippen molar-refractivity contribution in [2.24, 2.45) is 21.5 Å². The number of carbonyl (C=O) groups is 1. The average molecular weight is 152 g/mol. The van der Waals surface area contributed by atoms with Crippen LogP contribution in [0.5, 0.6) is 0 Å². The number of ketones is 1. The molecule has 0 aliphatic carbocycles. The van der Waals surface area contributed by atoms with E-state index < -0.39 is 0 Å². The Morgan fingerprint density at radius 3 is 2.36 bits per heavy atom. The fraction of sp³-hybridized carbons (Fsp3) is 0.625. The minimum absolute atomic E-state index is 0.0486. The fourth-order valence-electron chi connectivity index (χ4n) is 1.000. The van der Waals surface area contributed by atoms with E-state index >= 15 is 0 Å². The molecule has 0 bridgehead atoms. The highest BCUT2D eigenvalue weighted by Gasteiger charge is 2.29. The van der Waals surface area contributed by atoms with E-state index in [1.165, 1.54) is 6.21 Å². The third kappa shape index (κ3) is 1.73. The topological polar surface area (TPSA) is 41.8 Å². The quantitative estimate of drug-likeness (QED) is 0.515. The molecule has 3 nitrogen and oxygen atoms in total. The average Bonchev–Trinajstić information content (AvgIpc) is 1.86. The standard InChI is InChI=1S/C8H12N2O/c1-8(2,3)6-4-9-10-5-7(6)11/h4-6H,1-3H3. The summed E-state index contributed by atoms with van der Waals surface area (Å²) in [5.41, 5.74) is -0.0486. The van der Waals surface area contributed by atoms with Crippen LogP contribution in [0.1, 0.15) is 20.8 Å². The van der Waals surface area contributed by atoms with Gasteiger partial charge in [0, 0.05) is 6.21 Å². The molecule has 0 saturated heterocycles. The summed E-state index contributed by atoms with van der Waals surface area (Å²) in [6.45, 7) is 6.04. The van der Waals surface area contributed by atoms with Crippen LogP contribution in [0.2, 0.25) is 0 Å². The molecule has 0 saturated carbocycles. The third-order valence-corrected chi connectivity index (χ3v) is 1.71. The lowest BCUT2D eigenvalue weighted by Crippen LogP contribution is -2.32. The smallest absolute Gasteiger partial charge is 0.184 e. The van der Waals surface area contributed by atoms with Crippen molar-refractivity contribution in [2.75, 3.05) is 0 Å². The number of nitrogens with zero attached hydrogens (tertiary/aromatic N) is 2. The highest BCUT2D eigenvalue weighted by Crippen LogP contribution is 2.25. The van der Waals surface area contributed by atoms with Gasteiger partial charge in [-0.05, 0) is 5.41 Å². The molecule has 1 aliphatic rings. The summed E-state index contributed by atoms with van der Waals surface area (Å²) >= 11 is 0. The first-order valence-electron chi connectivity index (χ1n) is 3.62. The molecule has 0 aromatic rings. The molecule has 0 aromatic heterocycles. The lowest BCUT2D eigenvalue weighted by molar-refractivity contribution is -0.116. The van der Waals surface area contributed by atoms with E-state index in [4.69, 9.17) is 0 Å². The van der Waals surface area contributed by atoms with Gasteiger partial charge in [0.05, 0.1) is 12.1 Å². The first-order valence-corrected chi connectivity index (χ1v) is 3.62. The second-order valence-electron chi connectivity index (χ2n) is 3.76. The number of hydrogen-bond donors (Lipinski definition) is 0. The summed E-state index contributed by atoms with van der Waals surface area (Å²) in [5, 5.41) is 7.22. The van der Waals surface area contributed by atoms with Gasteiger partial charge in [-0.3, -0.25) is 4.79 Å². The molecule has 0 amide bonds. The molecule has 3 heteroatoms. The molecule has 1 heterocycles. The Labute approximate surface area is 66.2 Å². The summed E-state index contributed by atoms with van der Waals surface area (Å²) < 4.78 is 0. The first-order chi connectivity index (χ1) is 5.02. The lowest BCUT2D eigenvalue weighted by atomic mass is 9.79. The van der Waals surface area contributed by atoms with Crippen LogP contribution in [0.15, 0.2) is 10.2 Å². The Morgan fingerprint density at radius 2 is 2.00 bits per heavy atom. The molecule has 60 valence electrons. The van der Waals surface area contributed by atoms with Crippen molar-refractivity contribution >= 4 is 18.2 Å². The van der Waals surface area contributed by atoms with Gasteiger partial charge in [-0.2, -0.15) is 10.2 Å². The number of rotatable bonds is 0. The van der Waals surface area contributed by atoms with Crippen molar-refractivity contribution < 1.29 is 4.79 Å². The molecule has 0 spiro atoms. The van der Waals surface area contributed by atoms with Crippen molar-refractivity contribution in [1.29, 1.82) is 0 Å². The van der Waals surface area contributed by atoms with Gasteiger partial charge in [-0.1, -0.05) is 20.8 Å². The highest BCUT2D eigenvalue weighted by atomic mass is 16.1. The molecule has 11 heavy (non-hydrogen) atoms. The van der Waals surface area contributed by atoms with Crippen molar-refractivity contribution in [2.45, 2.75) is 20.8 Å². The van der Waals surface area contributed by atoms with E-state index in [0.29, 0.717) is 0 Å². The van der Waals surface area contributed by atoms with Gasteiger partial charge in [0.25, 0.3) is 0 Å². The van der Waals surface area contributed by atoms with E-state index in [-0.39, 0.29) is 17.1 Å². The molecule has 1 atom stereocenters. The van der Waals surface area contributed by atoms with Gasteiger partial charge in [-0.15, -0.1) is 0 Å². The van der Waals surface area contributed by atoms with Gasteiger partial charge in [0.15, 0.2) is 5.78 Å². The zero-order valence-corrected chi connectivity index (χ0v) is 7.03. The lowest BCUT2D eigenvalue weighted by Gasteiger charge is -2.25. The predicted octanol–water partition coefficient (Wildman–Crippen LogP) is 1.29. The Balaban J connectivity index is 2.82.